The molecule has 2 rings (SSSR count). The summed E-state index contributed by atoms with van der Waals surface area (Å²) in [5.74, 6) is -0.500. The number of benzene rings is 1. The number of carbonyl (C=O) groups is 1. The summed E-state index contributed by atoms with van der Waals surface area (Å²) in [6.07, 6.45) is -5.47. The number of rotatable bonds is 3. The minimum atomic E-state index is -1.59. The third-order valence-corrected chi connectivity index (χ3v) is 3.24. The Morgan fingerprint density at radius 3 is 2.40 bits per heavy atom. The van der Waals surface area contributed by atoms with Gasteiger partial charge in [-0.2, -0.15) is 0 Å². The SMILES string of the molecule is O=C(NC1C(O)C(O)OC(CO)C1O)c1ccccc1. The Kier molecular flexibility index (Phi) is 4.69. The van der Waals surface area contributed by atoms with E-state index in [0.29, 0.717) is 5.56 Å². The van der Waals surface area contributed by atoms with Crippen LogP contribution in [0.3, 0.4) is 0 Å². The van der Waals surface area contributed by atoms with Crippen molar-refractivity contribution in [2.45, 2.75) is 30.6 Å². The van der Waals surface area contributed by atoms with E-state index in [1.54, 1.807) is 30.3 Å². The van der Waals surface area contributed by atoms with Gasteiger partial charge in [0.25, 0.3) is 5.91 Å². The van der Waals surface area contributed by atoms with Crippen molar-refractivity contribution in [3.63, 3.8) is 0 Å². The Hall–Kier alpha value is -1.51. The highest BCUT2D eigenvalue weighted by molar-refractivity contribution is 5.94. The van der Waals surface area contributed by atoms with Crippen LogP contribution in [0, 0.1) is 0 Å². The number of aliphatic hydroxyl groups excluding tert-OH is 4. The summed E-state index contributed by atoms with van der Waals surface area (Å²) in [7, 11) is 0. The third-order valence-electron chi connectivity index (χ3n) is 3.24. The molecule has 7 heteroatoms. The molecule has 0 saturated carbocycles. The van der Waals surface area contributed by atoms with Crippen LogP contribution >= 0.6 is 0 Å². The van der Waals surface area contributed by atoms with E-state index < -0.39 is 43.2 Å². The Balaban J connectivity index is 2.11. The van der Waals surface area contributed by atoms with Crippen LogP contribution in [0.25, 0.3) is 0 Å². The van der Waals surface area contributed by atoms with Crippen molar-refractivity contribution >= 4 is 5.91 Å². The van der Waals surface area contributed by atoms with E-state index in [4.69, 9.17) is 9.84 Å². The fourth-order valence-corrected chi connectivity index (χ4v) is 2.10. The van der Waals surface area contributed by atoms with Gasteiger partial charge < -0.3 is 30.5 Å². The first-order valence-corrected chi connectivity index (χ1v) is 6.21. The molecule has 20 heavy (non-hydrogen) atoms. The van der Waals surface area contributed by atoms with E-state index in [-0.39, 0.29) is 0 Å². The molecule has 0 spiro atoms. The first kappa shape index (κ1) is 14.9. The normalized spacial score (nSPS) is 33.7. The van der Waals surface area contributed by atoms with Gasteiger partial charge in [0, 0.05) is 5.56 Å². The number of hydrogen-bond acceptors (Lipinski definition) is 6. The van der Waals surface area contributed by atoms with Crippen molar-refractivity contribution in [1.82, 2.24) is 5.32 Å². The number of hydrogen-bond donors (Lipinski definition) is 5. The quantitative estimate of drug-likeness (QED) is 0.447. The molecule has 1 aromatic rings. The second-order valence-electron chi connectivity index (χ2n) is 4.59. The van der Waals surface area contributed by atoms with E-state index in [0.717, 1.165) is 0 Å². The molecule has 1 saturated heterocycles. The molecule has 5 unspecified atom stereocenters. The molecule has 1 heterocycles. The molecule has 1 amide bonds. The Morgan fingerprint density at radius 1 is 1.15 bits per heavy atom. The predicted molar refractivity (Wildman–Crippen MR) is 67.7 cm³/mol. The number of amides is 1. The zero-order valence-corrected chi connectivity index (χ0v) is 10.6. The highest BCUT2D eigenvalue weighted by atomic mass is 16.6. The highest BCUT2D eigenvalue weighted by Gasteiger charge is 2.44. The van der Waals surface area contributed by atoms with E-state index in [2.05, 4.69) is 5.32 Å². The second-order valence-corrected chi connectivity index (χ2v) is 4.59. The molecule has 0 aliphatic carbocycles. The maximum Gasteiger partial charge on any atom is 0.251 e. The monoisotopic (exact) mass is 283 g/mol. The Labute approximate surface area is 115 Å². The largest absolute Gasteiger partial charge is 0.394 e. The average molecular weight is 283 g/mol. The van der Waals surface area contributed by atoms with Crippen LogP contribution in [0.5, 0.6) is 0 Å². The molecule has 5 atom stereocenters. The molecule has 1 aliphatic rings. The predicted octanol–water partition coefficient (Wildman–Crippen LogP) is -1.78. The number of carbonyl (C=O) groups excluding carboxylic acids is 1. The van der Waals surface area contributed by atoms with E-state index in [1.807, 2.05) is 0 Å². The molecular formula is C13H17NO6. The van der Waals surface area contributed by atoms with Gasteiger partial charge >= 0.3 is 0 Å². The van der Waals surface area contributed by atoms with Gasteiger partial charge in [-0.1, -0.05) is 18.2 Å². The first-order valence-electron chi connectivity index (χ1n) is 6.21. The van der Waals surface area contributed by atoms with Gasteiger partial charge in [-0.05, 0) is 12.1 Å². The van der Waals surface area contributed by atoms with Gasteiger partial charge in [-0.15, -0.1) is 0 Å². The summed E-state index contributed by atoms with van der Waals surface area (Å²) >= 11 is 0. The van der Waals surface area contributed by atoms with Gasteiger partial charge in [0.1, 0.15) is 18.3 Å². The van der Waals surface area contributed by atoms with Crippen LogP contribution in [0.2, 0.25) is 0 Å². The molecule has 1 fully saturated rings. The summed E-state index contributed by atoms with van der Waals surface area (Å²) < 4.78 is 4.83. The lowest BCUT2D eigenvalue weighted by atomic mass is 9.96. The standard InChI is InChI=1S/C13H17NO6/c15-6-8-10(16)9(11(17)13(19)20-8)14-12(18)7-4-2-1-3-5-7/h1-5,8-11,13,15-17,19H,6H2,(H,14,18). The van der Waals surface area contributed by atoms with Crippen LogP contribution in [0.15, 0.2) is 30.3 Å². The van der Waals surface area contributed by atoms with Crippen molar-refractivity contribution in [3.8, 4) is 0 Å². The molecule has 1 aromatic carbocycles. The summed E-state index contributed by atoms with van der Waals surface area (Å²) in [5.41, 5.74) is 0.355. The minimum Gasteiger partial charge on any atom is -0.394 e. The van der Waals surface area contributed by atoms with E-state index in [1.165, 1.54) is 0 Å². The number of nitrogens with one attached hydrogen (secondary N) is 1. The average Bonchev–Trinajstić information content (AvgIpc) is 2.48. The van der Waals surface area contributed by atoms with Crippen molar-refractivity contribution < 1.29 is 30.0 Å². The van der Waals surface area contributed by atoms with E-state index in [9.17, 15) is 20.1 Å². The van der Waals surface area contributed by atoms with E-state index >= 15 is 0 Å². The molecule has 0 radical (unpaired) electrons. The topological polar surface area (TPSA) is 119 Å². The molecule has 0 aromatic heterocycles. The Morgan fingerprint density at radius 2 is 1.80 bits per heavy atom. The van der Waals surface area contributed by atoms with Crippen molar-refractivity contribution in [3.05, 3.63) is 35.9 Å². The van der Waals surface area contributed by atoms with Gasteiger partial charge in [-0.3, -0.25) is 4.79 Å². The van der Waals surface area contributed by atoms with Gasteiger partial charge in [0.2, 0.25) is 0 Å². The van der Waals surface area contributed by atoms with Crippen LogP contribution in [-0.2, 0) is 4.74 Å². The third kappa shape index (κ3) is 2.97. The van der Waals surface area contributed by atoms with Crippen LogP contribution < -0.4 is 5.32 Å². The smallest absolute Gasteiger partial charge is 0.251 e. The second kappa shape index (κ2) is 6.29. The molecular weight excluding hydrogens is 266 g/mol. The minimum absolute atomic E-state index is 0.355. The zero-order valence-electron chi connectivity index (χ0n) is 10.6. The Bertz CT molecular complexity index is 453. The molecule has 0 bridgehead atoms. The summed E-state index contributed by atoms with van der Waals surface area (Å²) in [6.45, 7) is -0.539. The summed E-state index contributed by atoms with van der Waals surface area (Å²) in [4.78, 5) is 12.0. The van der Waals surface area contributed by atoms with Gasteiger partial charge in [-0.25, -0.2) is 0 Å². The van der Waals surface area contributed by atoms with Gasteiger partial charge in [0.15, 0.2) is 6.29 Å². The molecule has 110 valence electrons. The maximum atomic E-state index is 12.0. The lowest BCUT2D eigenvalue weighted by Crippen LogP contribution is -2.64. The number of aliphatic hydroxyl groups is 4. The lowest BCUT2D eigenvalue weighted by Gasteiger charge is -2.40. The maximum absolute atomic E-state index is 12.0. The molecule has 5 N–H and O–H groups in total. The summed E-state index contributed by atoms with van der Waals surface area (Å²) in [5, 5.41) is 40.7. The van der Waals surface area contributed by atoms with Crippen LogP contribution in [0.1, 0.15) is 10.4 Å². The van der Waals surface area contributed by atoms with Crippen LogP contribution in [-0.4, -0.2) is 63.6 Å². The fourth-order valence-electron chi connectivity index (χ4n) is 2.10. The van der Waals surface area contributed by atoms with Crippen LogP contribution in [0.4, 0.5) is 0 Å². The van der Waals surface area contributed by atoms with Crippen molar-refractivity contribution in [2.75, 3.05) is 6.61 Å². The zero-order chi connectivity index (χ0) is 14.7. The fraction of sp³-hybridized carbons (Fsp3) is 0.462. The first-order chi connectivity index (χ1) is 9.54. The molecule has 7 nitrogen and oxygen atoms in total. The number of ether oxygens (including phenoxy) is 1. The van der Waals surface area contributed by atoms with Gasteiger partial charge in [0.05, 0.1) is 12.6 Å². The lowest BCUT2D eigenvalue weighted by molar-refractivity contribution is -0.260. The summed E-state index contributed by atoms with van der Waals surface area (Å²) in [6, 6.07) is 7.12. The molecule has 1 aliphatic heterocycles. The highest BCUT2D eigenvalue weighted by Crippen LogP contribution is 2.20. The van der Waals surface area contributed by atoms with Crippen molar-refractivity contribution in [1.29, 1.82) is 0 Å². The van der Waals surface area contributed by atoms with Crippen molar-refractivity contribution in [2.24, 2.45) is 0 Å².